The van der Waals surface area contributed by atoms with Gasteiger partial charge in [-0.05, 0) is 33.6 Å². The van der Waals surface area contributed by atoms with Gasteiger partial charge in [-0.2, -0.15) is 0 Å². The molecular weight excluding hydrogens is 332 g/mol. The second-order valence-electron chi connectivity index (χ2n) is 5.13. The van der Waals surface area contributed by atoms with Gasteiger partial charge < -0.3 is 10.0 Å². The van der Waals surface area contributed by atoms with Gasteiger partial charge >= 0.3 is 0 Å². The molecule has 1 N–H and O–H groups in total. The number of phenols is 1. The lowest BCUT2D eigenvalue weighted by Gasteiger charge is -2.34. The fraction of sp³-hybridized carbons (Fsp3) is 0.333. The summed E-state index contributed by atoms with van der Waals surface area (Å²) in [5.41, 5.74) is 1.14. The molecule has 0 unspecified atom stereocenters. The number of phenolic OH excluding ortho intramolecular Hbond substituents is 1. The van der Waals surface area contributed by atoms with Gasteiger partial charge in [0, 0.05) is 45.1 Å². The van der Waals surface area contributed by atoms with Crippen LogP contribution >= 0.6 is 15.9 Å². The summed E-state index contributed by atoms with van der Waals surface area (Å²) in [5, 5.41) is 9.51. The lowest BCUT2D eigenvalue weighted by Crippen LogP contribution is -2.46. The van der Waals surface area contributed by atoms with E-state index in [9.17, 15) is 5.11 Å². The lowest BCUT2D eigenvalue weighted by atomic mass is 10.2. The van der Waals surface area contributed by atoms with Crippen molar-refractivity contribution in [2.24, 2.45) is 0 Å². The highest BCUT2D eigenvalue weighted by atomic mass is 79.9. The van der Waals surface area contributed by atoms with Crippen LogP contribution in [0.3, 0.4) is 0 Å². The maximum Gasteiger partial charge on any atom is 0.225 e. The fourth-order valence-electron chi connectivity index (χ4n) is 2.49. The first kappa shape index (κ1) is 14.3. The van der Waals surface area contributed by atoms with Crippen LogP contribution in [-0.4, -0.2) is 46.2 Å². The molecule has 0 radical (unpaired) electrons. The molecule has 1 aliphatic heterocycles. The van der Waals surface area contributed by atoms with E-state index in [1.54, 1.807) is 18.5 Å². The Morgan fingerprint density at radius 3 is 2.48 bits per heavy atom. The summed E-state index contributed by atoms with van der Waals surface area (Å²) in [6.45, 7) is 4.63. The number of rotatable bonds is 3. The van der Waals surface area contributed by atoms with Gasteiger partial charge in [0.25, 0.3) is 0 Å². The lowest BCUT2D eigenvalue weighted by molar-refractivity contribution is 0.248. The third-order valence-electron chi connectivity index (χ3n) is 3.58. The summed E-state index contributed by atoms with van der Waals surface area (Å²) in [5.74, 6) is 1.12. The van der Waals surface area contributed by atoms with E-state index >= 15 is 0 Å². The van der Waals surface area contributed by atoms with E-state index in [1.807, 2.05) is 18.2 Å². The van der Waals surface area contributed by atoms with E-state index in [-0.39, 0.29) is 0 Å². The Balaban J connectivity index is 1.56. The number of aromatic hydroxyl groups is 1. The SMILES string of the molecule is Oc1cccc(CN2CCN(c3ncc(Br)cn3)CC2)c1. The van der Waals surface area contributed by atoms with Gasteiger partial charge in [0.1, 0.15) is 5.75 Å². The van der Waals surface area contributed by atoms with Crippen molar-refractivity contribution in [3.05, 3.63) is 46.7 Å². The van der Waals surface area contributed by atoms with Gasteiger partial charge in [0.15, 0.2) is 0 Å². The molecule has 0 saturated carbocycles. The molecule has 110 valence electrons. The molecule has 0 bridgehead atoms. The van der Waals surface area contributed by atoms with Gasteiger partial charge in [-0.15, -0.1) is 0 Å². The zero-order chi connectivity index (χ0) is 14.7. The van der Waals surface area contributed by atoms with Crippen LogP contribution in [0.1, 0.15) is 5.56 Å². The van der Waals surface area contributed by atoms with Crippen LogP contribution in [0.15, 0.2) is 41.1 Å². The van der Waals surface area contributed by atoms with Gasteiger partial charge in [0.2, 0.25) is 5.95 Å². The zero-order valence-corrected chi connectivity index (χ0v) is 13.2. The second-order valence-corrected chi connectivity index (χ2v) is 6.05. The molecular formula is C15H17BrN4O. The summed E-state index contributed by atoms with van der Waals surface area (Å²) in [6.07, 6.45) is 3.56. The largest absolute Gasteiger partial charge is 0.508 e. The molecule has 1 saturated heterocycles. The minimum atomic E-state index is 0.328. The normalized spacial score (nSPS) is 16.1. The van der Waals surface area contributed by atoms with Gasteiger partial charge in [-0.25, -0.2) is 9.97 Å². The van der Waals surface area contributed by atoms with Crippen molar-refractivity contribution in [3.63, 3.8) is 0 Å². The summed E-state index contributed by atoms with van der Waals surface area (Å²) in [6, 6.07) is 7.46. The van der Waals surface area contributed by atoms with E-state index in [2.05, 4.69) is 35.7 Å². The van der Waals surface area contributed by atoms with Crippen molar-refractivity contribution < 1.29 is 5.11 Å². The summed E-state index contributed by atoms with van der Waals surface area (Å²) >= 11 is 3.35. The van der Waals surface area contributed by atoms with Gasteiger partial charge in [-0.3, -0.25) is 4.90 Å². The zero-order valence-electron chi connectivity index (χ0n) is 11.6. The maximum absolute atomic E-state index is 9.51. The van der Waals surface area contributed by atoms with E-state index in [1.165, 1.54) is 0 Å². The molecule has 0 aliphatic carbocycles. The molecule has 5 nitrogen and oxygen atoms in total. The Bertz CT molecular complexity index is 597. The summed E-state index contributed by atoms with van der Waals surface area (Å²) < 4.78 is 0.897. The summed E-state index contributed by atoms with van der Waals surface area (Å²) in [4.78, 5) is 13.3. The molecule has 1 fully saturated rings. The molecule has 1 aromatic heterocycles. The third kappa shape index (κ3) is 3.71. The molecule has 2 aromatic rings. The first-order valence-electron chi connectivity index (χ1n) is 6.93. The predicted octanol–water partition coefficient (Wildman–Crippen LogP) is 2.27. The van der Waals surface area contributed by atoms with E-state index < -0.39 is 0 Å². The van der Waals surface area contributed by atoms with Crippen LogP contribution < -0.4 is 4.90 Å². The monoisotopic (exact) mass is 348 g/mol. The Labute approximate surface area is 132 Å². The highest BCUT2D eigenvalue weighted by Crippen LogP contribution is 2.16. The number of aromatic nitrogens is 2. The van der Waals surface area contributed by atoms with E-state index in [4.69, 9.17) is 0 Å². The van der Waals surface area contributed by atoms with Crippen LogP contribution in [0, 0.1) is 0 Å². The Morgan fingerprint density at radius 1 is 1.10 bits per heavy atom. The number of piperazine rings is 1. The van der Waals surface area contributed by atoms with Crippen LogP contribution in [0.5, 0.6) is 5.75 Å². The van der Waals surface area contributed by atoms with Crippen molar-refractivity contribution >= 4 is 21.9 Å². The smallest absolute Gasteiger partial charge is 0.225 e. The number of hydrogen-bond donors (Lipinski definition) is 1. The number of halogens is 1. The molecule has 1 aromatic carbocycles. The fourth-order valence-corrected chi connectivity index (χ4v) is 2.69. The number of hydrogen-bond acceptors (Lipinski definition) is 5. The molecule has 3 rings (SSSR count). The average Bonchev–Trinajstić information content (AvgIpc) is 2.49. The molecule has 6 heteroatoms. The first-order valence-corrected chi connectivity index (χ1v) is 7.73. The number of benzene rings is 1. The first-order chi connectivity index (χ1) is 10.2. The highest BCUT2D eigenvalue weighted by molar-refractivity contribution is 9.10. The van der Waals surface area contributed by atoms with Crippen molar-refractivity contribution in [3.8, 4) is 5.75 Å². The molecule has 1 aliphatic rings. The third-order valence-corrected chi connectivity index (χ3v) is 3.99. The molecule has 0 amide bonds. The van der Waals surface area contributed by atoms with Gasteiger partial charge in [-0.1, -0.05) is 12.1 Å². The Hall–Kier alpha value is -1.66. The van der Waals surface area contributed by atoms with Crippen LogP contribution in [0.25, 0.3) is 0 Å². The number of nitrogens with zero attached hydrogens (tertiary/aromatic N) is 4. The van der Waals surface area contributed by atoms with Crippen molar-refractivity contribution in [1.29, 1.82) is 0 Å². The van der Waals surface area contributed by atoms with Crippen LogP contribution in [0.2, 0.25) is 0 Å². The average molecular weight is 349 g/mol. The Morgan fingerprint density at radius 2 is 1.81 bits per heavy atom. The van der Waals surface area contributed by atoms with E-state index in [0.717, 1.165) is 48.7 Å². The molecule has 0 spiro atoms. The molecule has 21 heavy (non-hydrogen) atoms. The second kappa shape index (κ2) is 6.41. The van der Waals surface area contributed by atoms with Crippen LogP contribution in [0.4, 0.5) is 5.95 Å². The van der Waals surface area contributed by atoms with Gasteiger partial charge in [0.05, 0.1) is 4.47 Å². The predicted molar refractivity (Wildman–Crippen MR) is 85.3 cm³/mol. The minimum absolute atomic E-state index is 0.328. The standard InChI is InChI=1S/C15H17BrN4O/c16-13-9-17-15(18-10-13)20-6-4-19(5-7-20)11-12-2-1-3-14(21)8-12/h1-3,8-10,21H,4-7,11H2. The Kier molecular flexibility index (Phi) is 4.36. The molecule has 2 heterocycles. The van der Waals surface area contributed by atoms with E-state index in [0.29, 0.717) is 5.75 Å². The van der Waals surface area contributed by atoms with Crippen molar-refractivity contribution in [1.82, 2.24) is 14.9 Å². The number of anilines is 1. The van der Waals surface area contributed by atoms with Crippen molar-refractivity contribution in [2.75, 3.05) is 31.1 Å². The van der Waals surface area contributed by atoms with Crippen molar-refractivity contribution in [2.45, 2.75) is 6.54 Å². The summed E-state index contributed by atoms with van der Waals surface area (Å²) in [7, 11) is 0. The highest BCUT2D eigenvalue weighted by Gasteiger charge is 2.18. The molecule has 0 atom stereocenters. The maximum atomic E-state index is 9.51. The minimum Gasteiger partial charge on any atom is -0.508 e. The quantitative estimate of drug-likeness (QED) is 0.921. The topological polar surface area (TPSA) is 52.5 Å². The van der Waals surface area contributed by atoms with Crippen LogP contribution in [-0.2, 0) is 6.54 Å².